The molecule has 3 unspecified atom stereocenters. The minimum Gasteiger partial charge on any atom is -0.467 e. The molecule has 2 aliphatic carbocycles. The number of ether oxygens (including phenoxy) is 2. The van der Waals surface area contributed by atoms with Crippen LogP contribution in [0.3, 0.4) is 0 Å². The molecule has 3 aromatic rings. The van der Waals surface area contributed by atoms with Crippen LogP contribution in [0.15, 0.2) is 42.7 Å². The Morgan fingerprint density at radius 2 is 1.81 bits per heavy atom. The summed E-state index contributed by atoms with van der Waals surface area (Å²) < 4.78 is 14.0. The first-order valence-corrected chi connectivity index (χ1v) is 28.7. The topological polar surface area (TPSA) is 151 Å². The number of nitrogens with one attached hydrogen (secondary N) is 2. The minimum absolute atomic E-state index is 0. The van der Waals surface area contributed by atoms with E-state index in [1.54, 1.807) is 7.11 Å². The van der Waals surface area contributed by atoms with Crippen LogP contribution in [-0.4, -0.2) is 165 Å². The predicted octanol–water partition coefficient (Wildman–Crippen LogP) is 7.55. The molecule has 2 saturated carbocycles. The summed E-state index contributed by atoms with van der Waals surface area (Å²) in [7, 11) is 3.92. The number of carbonyl (C=O) groups is 3. The number of pyridine rings is 1. The molecule has 2 aromatic heterocycles. The number of benzene rings is 1. The fraction of sp³-hybridized carbons (Fsp3) is 0.695. The monoisotopic (exact) mass is 1040 g/mol. The summed E-state index contributed by atoms with van der Waals surface area (Å²) >= 11 is 0. The molecule has 16 heteroatoms. The summed E-state index contributed by atoms with van der Waals surface area (Å²) in [6.07, 6.45) is 14.1. The van der Waals surface area contributed by atoms with E-state index >= 15 is 4.79 Å². The Kier molecular flexibility index (Phi) is 17.5. The number of carbonyl (C=O) groups excluding carboxylic acids is 3. The largest absolute Gasteiger partial charge is 0.467 e. The van der Waals surface area contributed by atoms with E-state index in [1.165, 1.54) is 19.3 Å². The van der Waals surface area contributed by atoms with E-state index in [9.17, 15) is 14.7 Å². The fourth-order valence-corrected chi connectivity index (χ4v) is 14.7. The number of piperazine rings is 1. The maximum absolute atomic E-state index is 15.3. The highest BCUT2D eigenvalue weighted by Crippen LogP contribution is 2.68. The van der Waals surface area contributed by atoms with Gasteiger partial charge in [-0.25, -0.2) is 5.43 Å². The van der Waals surface area contributed by atoms with Gasteiger partial charge in [-0.15, -0.1) is 0 Å². The van der Waals surface area contributed by atoms with Crippen molar-refractivity contribution in [1.82, 2.24) is 40.0 Å². The number of methoxy groups -OCH3 is 1. The van der Waals surface area contributed by atoms with E-state index < -0.39 is 5.41 Å². The molecule has 2 amide bonds. The highest BCUT2D eigenvalue weighted by molar-refractivity contribution is 5.95. The van der Waals surface area contributed by atoms with E-state index in [0.717, 1.165) is 161 Å². The maximum Gasteiger partial charge on any atom is 0.293 e. The molecule has 1 spiro atoms. The van der Waals surface area contributed by atoms with E-state index in [0.29, 0.717) is 44.5 Å². The fourth-order valence-electron chi connectivity index (χ4n) is 14.7. The Hall–Kier alpha value is -4.74. The van der Waals surface area contributed by atoms with Gasteiger partial charge in [-0.05, 0) is 138 Å². The Bertz CT molecular complexity index is 2470. The van der Waals surface area contributed by atoms with Crippen molar-refractivity contribution >= 4 is 41.1 Å². The number of nitrogens with zero attached hydrogens (tertiary/aromatic N) is 8. The van der Waals surface area contributed by atoms with Gasteiger partial charge in [0.05, 0.1) is 61.3 Å². The second-order valence-electron chi connectivity index (χ2n) is 24.1. The number of likely N-dealkylation sites (N-methyl/N-ethyl adjacent to an activating group) is 1. The summed E-state index contributed by atoms with van der Waals surface area (Å²) in [5.74, 6) is 1.01. The van der Waals surface area contributed by atoms with Crippen molar-refractivity contribution in [3.05, 3.63) is 54.0 Å². The number of anilines is 2. The molecular weight excluding hydrogens is 945 g/mol. The number of aliphatic hydroxyl groups is 1. The van der Waals surface area contributed by atoms with Crippen LogP contribution in [0.25, 0.3) is 22.2 Å². The lowest BCUT2D eigenvalue weighted by Crippen LogP contribution is -2.69. The molecule has 0 radical (unpaired) electrons. The van der Waals surface area contributed by atoms with Gasteiger partial charge in [-0.3, -0.25) is 24.3 Å². The van der Waals surface area contributed by atoms with Gasteiger partial charge in [-0.1, -0.05) is 40.2 Å². The number of aryl methyl sites for hydroxylation is 1. The molecule has 9 rings (SSSR count). The first-order chi connectivity index (χ1) is 36.2. The van der Waals surface area contributed by atoms with Crippen LogP contribution in [0, 0.1) is 34.5 Å². The third-order valence-electron chi connectivity index (χ3n) is 18.8. The van der Waals surface area contributed by atoms with E-state index in [-0.39, 0.29) is 57.4 Å². The van der Waals surface area contributed by atoms with Gasteiger partial charge in [0.15, 0.2) is 0 Å². The molecule has 6 fully saturated rings. The Labute approximate surface area is 450 Å². The number of rotatable bonds is 20. The number of aliphatic hydroxyl groups excluding tert-OH is 1. The van der Waals surface area contributed by atoms with Crippen molar-refractivity contribution in [3.63, 3.8) is 0 Å². The third kappa shape index (κ3) is 11.3. The highest BCUT2D eigenvalue weighted by Gasteiger charge is 2.63. The van der Waals surface area contributed by atoms with Crippen molar-refractivity contribution in [3.8, 4) is 11.3 Å². The van der Waals surface area contributed by atoms with Crippen LogP contribution in [-0.2, 0) is 36.8 Å². The van der Waals surface area contributed by atoms with Crippen molar-refractivity contribution in [2.24, 2.45) is 34.5 Å². The molecule has 1 aromatic carbocycles. The summed E-state index contributed by atoms with van der Waals surface area (Å²) in [5.41, 5.74) is 11.8. The minimum atomic E-state index is -0.407. The number of hydrogen-bond acceptors (Lipinski definition) is 13. The molecule has 7 atom stereocenters. The summed E-state index contributed by atoms with van der Waals surface area (Å²) in [6, 6.07) is 8.48. The zero-order chi connectivity index (χ0) is 53.0. The van der Waals surface area contributed by atoms with E-state index in [2.05, 4.69) is 106 Å². The molecule has 75 heavy (non-hydrogen) atoms. The Balaban J connectivity index is 0.00000431. The van der Waals surface area contributed by atoms with Crippen LogP contribution in [0.5, 0.6) is 0 Å². The van der Waals surface area contributed by atoms with E-state index in [1.807, 2.05) is 11.1 Å². The molecular formula is C59H94N10O6. The Morgan fingerprint density at radius 3 is 2.49 bits per heavy atom. The zero-order valence-corrected chi connectivity index (χ0v) is 46.5. The van der Waals surface area contributed by atoms with Gasteiger partial charge in [0.1, 0.15) is 0 Å². The van der Waals surface area contributed by atoms with Crippen molar-refractivity contribution in [1.29, 1.82) is 0 Å². The van der Waals surface area contributed by atoms with Crippen LogP contribution in [0.4, 0.5) is 11.4 Å². The zero-order valence-electron chi connectivity index (χ0n) is 46.5. The summed E-state index contributed by atoms with van der Waals surface area (Å²) in [6.45, 7) is 25.9. The standard InChI is InChI=1S/C59H90N10O6.2H2/c1-9-68-51-17-16-44(32-47(51)50(34-58(5,6)37-75-40-72)56(68)48-33-45(36-60-54(48)43(4)74-8)66-28-26-63(7)27-29-66)65(30-31-70)25-18-46-49-35-59(19-15-20-59)52(49)41(2)55(67-23-13-10-12-22-64(38-67)39-71)57(73)62-53(46)42(3)69-24-14-11-21-61-69;;/h16-17,32-33,36,39-41,43,46,49,52-53,55,61,70H,3,9-15,18-31,34-35,37-38H2,1-2,4-8H3,(H,62,73);2*1H/t41?,43-,46-,49?,52?,53+,55-;;/m0../s1. The summed E-state index contributed by atoms with van der Waals surface area (Å²) in [4.78, 5) is 55.9. The molecule has 6 heterocycles. The number of fused-ring (bicyclic) bond motifs is 3. The molecule has 0 bridgehead atoms. The van der Waals surface area contributed by atoms with Crippen molar-refractivity contribution in [2.75, 3.05) is 109 Å². The molecule has 416 valence electrons. The Morgan fingerprint density at radius 1 is 1.04 bits per heavy atom. The SMILES string of the molecule is C=C([C@H]1NC(=O)[C@@H](N2CCCCCN(C=O)C2)C(C)C2C(CC23CCC3)[C@@H]1CCN(CCO)c1ccc2c(c1)c(CC(C)(C)COC=O)c(-c1cc(N3CCN(C)CC3)cnc1[C@H](C)OC)n2CC)N1CCCCN1.[HH].[HH]. The molecule has 16 nitrogen and oxygen atoms in total. The number of aromatic nitrogens is 2. The van der Waals surface area contributed by atoms with Crippen molar-refractivity contribution in [2.45, 2.75) is 130 Å². The van der Waals surface area contributed by atoms with Gasteiger partial charge in [0.25, 0.3) is 6.47 Å². The number of hydrogen-bond donors (Lipinski definition) is 3. The molecule has 4 aliphatic heterocycles. The summed E-state index contributed by atoms with van der Waals surface area (Å²) in [5, 5.41) is 17.9. The number of hydrazine groups is 1. The lowest BCUT2D eigenvalue weighted by atomic mass is 9.39. The smallest absolute Gasteiger partial charge is 0.293 e. The average Bonchev–Trinajstić information content (AvgIpc) is 3.80. The van der Waals surface area contributed by atoms with Crippen LogP contribution < -0.4 is 20.5 Å². The van der Waals surface area contributed by atoms with Gasteiger partial charge < -0.3 is 49.1 Å². The maximum atomic E-state index is 15.3. The highest BCUT2D eigenvalue weighted by atomic mass is 16.5. The van der Waals surface area contributed by atoms with Gasteiger partial charge in [0, 0.05) is 115 Å². The molecule has 4 saturated heterocycles. The van der Waals surface area contributed by atoms with Gasteiger partial charge in [-0.2, -0.15) is 0 Å². The van der Waals surface area contributed by atoms with Crippen LogP contribution in [0.2, 0.25) is 0 Å². The van der Waals surface area contributed by atoms with Crippen LogP contribution in [0.1, 0.15) is 119 Å². The molecule has 6 aliphatic rings. The average molecular weight is 1040 g/mol. The quantitative estimate of drug-likeness (QED) is 0.0958. The lowest BCUT2D eigenvalue weighted by molar-refractivity contribution is -0.181. The second-order valence-corrected chi connectivity index (χ2v) is 24.1. The number of amides is 2. The molecule has 3 N–H and O–H groups in total. The lowest BCUT2D eigenvalue weighted by Gasteiger charge is -2.67. The van der Waals surface area contributed by atoms with Gasteiger partial charge in [0.2, 0.25) is 12.3 Å². The first-order valence-electron chi connectivity index (χ1n) is 28.7. The van der Waals surface area contributed by atoms with Crippen molar-refractivity contribution < 1.29 is 31.8 Å². The van der Waals surface area contributed by atoms with Crippen LogP contribution >= 0.6 is 0 Å². The first kappa shape index (κ1) is 55.0. The van der Waals surface area contributed by atoms with Gasteiger partial charge >= 0.3 is 0 Å². The second kappa shape index (κ2) is 23.9. The third-order valence-corrected chi connectivity index (χ3v) is 18.8. The normalized spacial score (nSPS) is 26.2. The predicted molar refractivity (Wildman–Crippen MR) is 301 cm³/mol. The van der Waals surface area contributed by atoms with E-state index in [4.69, 9.17) is 21.0 Å².